The molecule has 0 aromatic rings. The first kappa shape index (κ1) is 15.2. The average Bonchev–Trinajstić information content (AvgIpc) is 2.26. The maximum atomic E-state index is 3.71. The average molecular weight is 185 g/mol. The molecule has 0 bridgehead atoms. The number of nitrogens with zero attached hydrogens (tertiary/aromatic N) is 1. The van der Waals surface area contributed by atoms with E-state index in [4.69, 9.17) is 0 Å². The molecule has 1 saturated heterocycles. The highest BCUT2D eigenvalue weighted by Gasteiger charge is 2.06. The van der Waals surface area contributed by atoms with Crippen molar-refractivity contribution in [3.8, 4) is 0 Å². The summed E-state index contributed by atoms with van der Waals surface area (Å²) in [6, 6.07) is 0. The van der Waals surface area contributed by atoms with Crippen LogP contribution >= 0.6 is 0 Å². The van der Waals surface area contributed by atoms with Gasteiger partial charge in [0.15, 0.2) is 0 Å². The van der Waals surface area contributed by atoms with Gasteiger partial charge in [0.1, 0.15) is 0 Å². The summed E-state index contributed by atoms with van der Waals surface area (Å²) in [5.74, 6) is 0. The van der Waals surface area contributed by atoms with Crippen molar-refractivity contribution >= 4 is 0 Å². The summed E-state index contributed by atoms with van der Waals surface area (Å²) >= 11 is 0. The smallest absolute Gasteiger partial charge is 0.0160 e. The SMILES string of the molecule is C=CCN1CCCCC1.CC.CC. The van der Waals surface area contributed by atoms with Crippen LogP contribution in [0, 0.1) is 0 Å². The predicted octanol–water partition coefficient (Wildman–Crippen LogP) is 3.71. The van der Waals surface area contributed by atoms with E-state index in [2.05, 4.69) is 11.5 Å². The summed E-state index contributed by atoms with van der Waals surface area (Å²) < 4.78 is 0. The number of likely N-dealkylation sites (tertiary alicyclic amines) is 1. The maximum Gasteiger partial charge on any atom is 0.0160 e. The van der Waals surface area contributed by atoms with Crippen LogP contribution in [0.25, 0.3) is 0 Å². The van der Waals surface area contributed by atoms with Gasteiger partial charge < -0.3 is 0 Å². The van der Waals surface area contributed by atoms with Gasteiger partial charge in [-0.05, 0) is 25.9 Å². The Balaban J connectivity index is 0. The third-order valence-electron chi connectivity index (χ3n) is 1.84. The lowest BCUT2D eigenvalue weighted by Crippen LogP contribution is -2.29. The van der Waals surface area contributed by atoms with Crippen LogP contribution in [0.4, 0.5) is 0 Å². The topological polar surface area (TPSA) is 3.24 Å². The Morgan fingerprint density at radius 3 is 1.85 bits per heavy atom. The van der Waals surface area contributed by atoms with Gasteiger partial charge in [0.2, 0.25) is 0 Å². The Hall–Kier alpha value is -0.300. The molecule has 0 saturated carbocycles. The quantitative estimate of drug-likeness (QED) is 0.593. The highest BCUT2D eigenvalue weighted by Crippen LogP contribution is 2.07. The van der Waals surface area contributed by atoms with E-state index in [1.54, 1.807) is 0 Å². The molecule has 1 heteroatoms. The van der Waals surface area contributed by atoms with Crippen molar-refractivity contribution in [2.24, 2.45) is 0 Å². The zero-order valence-electron chi connectivity index (χ0n) is 9.97. The Bertz CT molecular complexity index is 83.1. The predicted molar refractivity (Wildman–Crippen MR) is 63.2 cm³/mol. The van der Waals surface area contributed by atoms with Gasteiger partial charge in [0.25, 0.3) is 0 Å². The molecule has 1 nitrogen and oxygen atoms in total. The first-order valence-electron chi connectivity index (χ1n) is 5.77. The molecule has 0 aromatic heterocycles. The standard InChI is InChI=1S/C8H15N.2C2H6/c1-2-6-9-7-4-3-5-8-9;2*1-2/h2H,1,3-8H2;2*1-2H3. The van der Waals surface area contributed by atoms with Crippen molar-refractivity contribution in [1.82, 2.24) is 4.90 Å². The number of rotatable bonds is 2. The Morgan fingerprint density at radius 2 is 1.46 bits per heavy atom. The van der Waals surface area contributed by atoms with Gasteiger partial charge >= 0.3 is 0 Å². The Kier molecular flexibility index (Phi) is 16.6. The van der Waals surface area contributed by atoms with Gasteiger partial charge in [-0.3, -0.25) is 4.90 Å². The summed E-state index contributed by atoms with van der Waals surface area (Å²) in [5, 5.41) is 0. The van der Waals surface area contributed by atoms with E-state index in [0.717, 1.165) is 6.54 Å². The molecule has 1 aliphatic heterocycles. The van der Waals surface area contributed by atoms with Gasteiger partial charge in [0.05, 0.1) is 0 Å². The lowest BCUT2D eigenvalue weighted by Gasteiger charge is -2.24. The van der Waals surface area contributed by atoms with Crippen LogP contribution in [-0.2, 0) is 0 Å². The minimum Gasteiger partial charge on any atom is -0.300 e. The van der Waals surface area contributed by atoms with Crippen LogP contribution < -0.4 is 0 Å². The van der Waals surface area contributed by atoms with Crippen LogP contribution in [0.15, 0.2) is 12.7 Å². The molecule has 0 amide bonds. The second-order valence-corrected chi connectivity index (χ2v) is 2.65. The summed E-state index contributed by atoms with van der Waals surface area (Å²) in [6.45, 7) is 15.4. The summed E-state index contributed by atoms with van der Waals surface area (Å²) in [6.07, 6.45) is 6.18. The first-order chi connectivity index (χ1) is 6.43. The van der Waals surface area contributed by atoms with Crippen LogP contribution in [-0.4, -0.2) is 24.5 Å². The van der Waals surface area contributed by atoms with Gasteiger partial charge in [-0.2, -0.15) is 0 Å². The van der Waals surface area contributed by atoms with Crippen molar-refractivity contribution in [1.29, 1.82) is 0 Å². The lowest BCUT2D eigenvalue weighted by atomic mass is 10.1. The van der Waals surface area contributed by atoms with Gasteiger partial charge in [0, 0.05) is 6.54 Å². The molecule has 0 spiro atoms. The number of hydrogen-bond donors (Lipinski definition) is 0. The molecule has 80 valence electrons. The van der Waals surface area contributed by atoms with Crippen LogP contribution in [0.2, 0.25) is 0 Å². The molecule has 1 aliphatic rings. The fraction of sp³-hybridized carbons (Fsp3) is 0.833. The molecule has 1 heterocycles. The van der Waals surface area contributed by atoms with E-state index >= 15 is 0 Å². The van der Waals surface area contributed by atoms with Gasteiger partial charge in [-0.1, -0.05) is 40.2 Å². The van der Waals surface area contributed by atoms with Gasteiger partial charge in [-0.25, -0.2) is 0 Å². The van der Waals surface area contributed by atoms with Crippen LogP contribution in [0.1, 0.15) is 47.0 Å². The normalized spacial score (nSPS) is 16.0. The molecule has 0 atom stereocenters. The van der Waals surface area contributed by atoms with Gasteiger partial charge in [-0.15, -0.1) is 6.58 Å². The molecule has 13 heavy (non-hydrogen) atoms. The highest BCUT2D eigenvalue weighted by molar-refractivity contribution is 4.75. The second-order valence-electron chi connectivity index (χ2n) is 2.65. The third-order valence-corrected chi connectivity index (χ3v) is 1.84. The van der Waals surface area contributed by atoms with E-state index in [1.807, 2.05) is 33.8 Å². The lowest BCUT2D eigenvalue weighted by molar-refractivity contribution is 0.251. The minimum atomic E-state index is 1.08. The summed E-state index contributed by atoms with van der Waals surface area (Å²) in [7, 11) is 0. The first-order valence-corrected chi connectivity index (χ1v) is 5.77. The fourth-order valence-electron chi connectivity index (χ4n) is 1.32. The molecule has 1 rings (SSSR count). The zero-order chi connectivity index (χ0) is 10.5. The Labute approximate surface area is 84.8 Å². The van der Waals surface area contributed by atoms with Crippen LogP contribution in [0.3, 0.4) is 0 Å². The molecule has 0 aromatic carbocycles. The summed E-state index contributed by atoms with van der Waals surface area (Å²) in [5.41, 5.74) is 0. The molecule has 0 radical (unpaired) electrons. The van der Waals surface area contributed by atoms with E-state index in [1.165, 1.54) is 32.4 Å². The minimum absolute atomic E-state index is 1.08. The maximum absolute atomic E-state index is 3.71. The highest BCUT2D eigenvalue weighted by atomic mass is 15.1. The molecule has 1 fully saturated rings. The molecule has 0 aliphatic carbocycles. The third kappa shape index (κ3) is 9.62. The molecule has 0 unspecified atom stereocenters. The number of hydrogen-bond acceptors (Lipinski definition) is 1. The summed E-state index contributed by atoms with van der Waals surface area (Å²) in [4.78, 5) is 2.45. The Morgan fingerprint density at radius 1 is 1.00 bits per heavy atom. The second kappa shape index (κ2) is 14.2. The van der Waals surface area contributed by atoms with Crippen molar-refractivity contribution in [2.75, 3.05) is 19.6 Å². The monoisotopic (exact) mass is 185 g/mol. The van der Waals surface area contributed by atoms with E-state index in [-0.39, 0.29) is 0 Å². The van der Waals surface area contributed by atoms with E-state index in [0.29, 0.717) is 0 Å². The van der Waals surface area contributed by atoms with E-state index < -0.39 is 0 Å². The molecular formula is C12H27N. The molecular weight excluding hydrogens is 158 g/mol. The largest absolute Gasteiger partial charge is 0.300 e. The van der Waals surface area contributed by atoms with Crippen molar-refractivity contribution in [2.45, 2.75) is 47.0 Å². The van der Waals surface area contributed by atoms with Crippen LogP contribution in [0.5, 0.6) is 0 Å². The van der Waals surface area contributed by atoms with Crippen molar-refractivity contribution in [3.05, 3.63) is 12.7 Å². The zero-order valence-corrected chi connectivity index (χ0v) is 9.97. The van der Waals surface area contributed by atoms with Crippen molar-refractivity contribution in [3.63, 3.8) is 0 Å². The molecule has 0 N–H and O–H groups in total. The number of piperidine rings is 1. The fourth-order valence-corrected chi connectivity index (χ4v) is 1.32. The van der Waals surface area contributed by atoms with E-state index in [9.17, 15) is 0 Å². The van der Waals surface area contributed by atoms with Crippen molar-refractivity contribution < 1.29 is 0 Å².